The van der Waals surface area contributed by atoms with Gasteiger partial charge in [0, 0.05) is 19.4 Å². The minimum absolute atomic E-state index is 0.109. The standard InChI is InChI=1S/C16H22O4/c1-2-17-14(8-15-10-19-15)11-20-16-6-4-3-5-12(16)7-13-9-18-13/h3-6,13-15H,2,7-11H2,1H3. The molecule has 3 atom stereocenters. The van der Waals surface area contributed by atoms with Crippen LogP contribution in [0.15, 0.2) is 24.3 Å². The first-order chi connectivity index (χ1) is 9.85. The molecule has 0 bridgehead atoms. The highest BCUT2D eigenvalue weighted by Crippen LogP contribution is 2.25. The second kappa shape index (κ2) is 6.57. The van der Waals surface area contributed by atoms with Gasteiger partial charge in [0.15, 0.2) is 0 Å². The molecule has 110 valence electrons. The van der Waals surface area contributed by atoms with Crippen LogP contribution in [0, 0.1) is 0 Å². The Labute approximate surface area is 120 Å². The van der Waals surface area contributed by atoms with Gasteiger partial charge in [0.05, 0.1) is 31.5 Å². The van der Waals surface area contributed by atoms with Crippen molar-refractivity contribution in [1.82, 2.24) is 0 Å². The van der Waals surface area contributed by atoms with Gasteiger partial charge in [-0.1, -0.05) is 18.2 Å². The van der Waals surface area contributed by atoms with Crippen molar-refractivity contribution >= 4 is 0 Å². The van der Waals surface area contributed by atoms with E-state index in [1.165, 1.54) is 5.56 Å². The van der Waals surface area contributed by atoms with Crippen LogP contribution in [0.5, 0.6) is 5.75 Å². The van der Waals surface area contributed by atoms with Crippen molar-refractivity contribution in [2.75, 3.05) is 26.4 Å². The molecule has 2 fully saturated rings. The van der Waals surface area contributed by atoms with Crippen LogP contribution in [0.2, 0.25) is 0 Å². The Kier molecular flexibility index (Phi) is 4.55. The molecule has 2 heterocycles. The lowest BCUT2D eigenvalue weighted by Crippen LogP contribution is -2.24. The Morgan fingerprint density at radius 3 is 2.65 bits per heavy atom. The van der Waals surface area contributed by atoms with Gasteiger partial charge in [0.2, 0.25) is 0 Å². The summed E-state index contributed by atoms with van der Waals surface area (Å²) in [6, 6.07) is 8.18. The predicted octanol–water partition coefficient (Wildman–Crippen LogP) is 2.20. The van der Waals surface area contributed by atoms with Crippen LogP contribution in [0.1, 0.15) is 18.9 Å². The fourth-order valence-electron chi connectivity index (χ4n) is 2.34. The van der Waals surface area contributed by atoms with Crippen LogP contribution >= 0.6 is 0 Å². The molecule has 3 rings (SSSR count). The molecule has 2 saturated heterocycles. The number of ether oxygens (including phenoxy) is 4. The van der Waals surface area contributed by atoms with Crippen LogP contribution in [0.4, 0.5) is 0 Å². The van der Waals surface area contributed by atoms with Crippen LogP contribution in [0.25, 0.3) is 0 Å². The van der Waals surface area contributed by atoms with Crippen LogP contribution in [-0.4, -0.2) is 44.7 Å². The number of rotatable bonds is 9. The third-order valence-corrected chi connectivity index (χ3v) is 3.58. The van der Waals surface area contributed by atoms with E-state index >= 15 is 0 Å². The van der Waals surface area contributed by atoms with Crippen molar-refractivity contribution in [2.24, 2.45) is 0 Å². The maximum absolute atomic E-state index is 5.97. The van der Waals surface area contributed by atoms with E-state index < -0.39 is 0 Å². The number of para-hydroxylation sites is 1. The molecule has 0 saturated carbocycles. The first-order valence-electron chi connectivity index (χ1n) is 7.40. The minimum Gasteiger partial charge on any atom is -0.491 e. The Hall–Kier alpha value is -1.10. The molecule has 2 aliphatic heterocycles. The second-order valence-electron chi connectivity index (χ2n) is 5.35. The number of hydrogen-bond acceptors (Lipinski definition) is 4. The first-order valence-corrected chi connectivity index (χ1v) is 7.40. The first kappa shape index (κ1) is 13.9. The largest absolute Gasteiger partial charge is 0.491 e. The van der Waals surface area contributed by atoms with Gasteiger partial charge in [0.1, 0.15) is 12.4 Å². The van der Waals surface area contributed by atoms with E-state index in [-0.39, 0.29) is 6.10 Å². The van der Waals surface area contributed by atoms with Crippen molar-refractivity contribution in [3.63, 3.8) is 0 Å². The third kappa shape index (κ3) is 4.20. The summed E-state index contributed by atoms with van der Waals surface area (Å²) in [7, 11) is 0. The molecule has 0 aliphatic carbocycles. The van der Waals surface area contributed by atoms with E-state index in [1.54, 1.807) is 0 Å². The summed E-state index contributed by atoms with van der Waals surface area (Å²) >= 11 is 0. The average Bonchev–Trinajstić information content (AvgIpc) is 3.33. The normalized spacial score (nSPS) is 25.2. The monoisotopic (exact) mass is 278 g/mol. The third-order valence-electron chi connectivity index (χ3n) is 3.58. The summed E-state index contributed by atoms with van der Waals surface area (Å²) in [6.07, 6.45) is 2.70. The molecule has 0 N–H and O–H groups in total. The van der Waals surface area contributed by atoms with E-state index in [9.17, 15) is 0 Å². The number of hydrogen-bond donors (Lipinski definition) is 0. The second-order valence-corrected chi connectivity index (χ2v) is 5.35. The van der Waals surface area contributed by atoms with E-state index in [1.807, 2.05) is 25.1 Å². The maximum Gasteiger partial charge on any atom is 0.122 e. The van der Waals surface area contributed by atoms with Crippen molar-refractivity contribution < 1.29 is 18.9 Å². The lowest BCUT2D eigenvalue weighted by Gasteiger charge is -2.18. The summed E-state index contributed by atoms with van der Waals surface area (Å²) in [5.74, 6) is 0.949. The molecular formula is C16H22O4. The molecular weight excluding hydrogens is 256 g/mol. The van der Waals surface area contributed by atoms with E-state index in [4.69, 9.17) is 18.9 Å². The fraction of sp³-hybridized carbons (Fsp3) is 0.625. The summed E-state index contributed by atoms with van der Waals surface area (Å²) in [4.78, 5) is 0. The molecule has 3 unspecified atom stereocenters. The summed E-state index contributed by atoms with van der Waals surface area (Å²) in [5.41, 5.74) is 1.22. The zero-order valence-corrected chi connectivity index (χ0v) is 11.9. The molecule has 4 heteroatoms. The van der Waals surface area contributed by atoms with Gasteiger partial charge in [-0.25, -0.2) is 0 Å². The lowest BCUT2D eigenvalue weighted by molar-refractivity contribution is 0.0178. The van der Waals surface area contributed by atoms with Crippen LogP contribution in [-0.2, 0) is 20.6 Å². The summed E-state index contributed by atoms with van der Waals surface area (Å²) < 4.78 is 22.3. The Morgan fingerprint density at radius 1 is 1.20 bits per heavy atom. The average molecular weight is 278 g/mol. The molecule has 0 radical (unpaired) electrons. The molecule has 0 amide bonds. The molecule has 20 heavy (non-hydrogen) atoms. The van der Waals surface area contributed by atoms with Crippen molar-refractivity contribution in [3.05, 3.63) is 29.8 Å². The Bertz CT molecular complexity index is 426. The quantitative estimate of drug-likeness (QED) is 0.650. The van der Waals surface area contributed by atoms with Crippen LogP contribution < -0.4 is 4.74 Å². The fourth-order valence-corrected chi connectivity index (χ4v) is 2.34. The van der Waals surface area contributed by atoms with Crippen molar-refractivity contribution in [3.8, 4) is 5.75 Å². The Balaban J connectivity index is 1.54. The summed E-state index contributed by atoms with van der Waals surface area (Å²) in [5, 5.41) is 0. The molecule has 1 aromatic carbocycles. The highest BCUT2D eigenvalue weighted by Gasteiger charge is 2.28. The van der Waals surface area contributed by atoms with Gasteiger partial charge in [-0.05, 0) is 18.6 Å². The topological polar surface area (TPSA) is 43.5 Å². The van der Waals surface area contributed by atoms with Gasteiger partial charge in [-0.3, -0.25) is 0 Å². The number of benzene rings is 1. The zero-order chi connectivity index (χ0) is 13.8. The highest BCUT2D eigenvalue weighted by atomic mass is 16.6. The zero-order valence-electron chi connectivity index (χ0n) is 11.9. The Morgan fingerprint density at radius 2 is 1.95 bits per heavy atom. The minimum atomic E-state index is 0.109. The smallest absolute Gasteiger partial charge is 0.122 e. The van der Waals surface area contributed by atoms with Gasteiger partial charge in [-0.2, -0.15) is 0 Å². The molecule has 4 nitrogen and oxygen atoms in total. The van der Waals surface area contributed by atoms with Gasteiger partial charge in [0.25, 0.3) is 0 Å². The SMILES string of the molecule is CCOC(COc1ccccc1CC1CO1)CC1CO1. The molecule has 0 aromatic heterocycles. The van der Waals surface area contributed by atoms with Gasteiger partial charge in [-0.15, -0.1) is 0 Å². The lowest BCUT2D eigenvalue weighted by atomic mass is 10.1. The van der Waals surface area contributed by atoms with E-state index in [2.05, 4.69) is 6.07 Å². The van der Waals surface area contributed by atoms with Crippen molar-refractivity contribution in [2.45, 2.75) is 38.1 Å². The van der Waals surface area contributed by atoms with Crippen LogP contribution in [0.3, 0.4) is 0 Å². The molecule has 0 spiro atoms. The molecule has 1 aromatic rings. The van der Waals surface area contributed by atoms with Gasteiger partial charge >= 0.3 is 0 Å². The van der Waals surface area contributed by atoms with Gasteiger partial charge < -0.3 is 18.9 Å². The predicted molar refractivity (Wildman–Crippen MR) is 75.2 cm³/mol. The molecule has 2 aliphatic rings. The maximum atomic E-state index is 5.97. The van der Waals surface area contributed by atoms with Crippen molar-refractivity contribution in [1.29, 1.82) is 0 Å². The summed E-state index contributed by atoms with van der Waals surface area (Å²) in [6.45, 7) is 5.03. The van der Waals surface area contributed by atoms with E-state index in [0.717, 1.165) is 31.8 Å². The number of epoxide rings is 2. The van der Waals surface area contributed by atoms with E-state index in [0.29, 0.717) is 25.4 Å². The highest BCUT2D eigenvalue weighted by molar-refractivity contribution is 5.34.